The molecule has 16 heavy (non-hydrogen) atoms. The minimum absolute atomic E-state index is 0.185. The number of hydrogen-bond donors (Lipinski definition) is 1. The summed E-state index contributed by atoms with van der Waals surface area (Å²) in [6.45, 7) is 1.26. The van der Waals surface area contributed by atoms with Crippen LogP contribution in [0.5, 0.6) is 0 Å². The van der Waals surface area contributed by atoms with Gasteiger partial charge in [0.1, 0.15) is 5.69 Å². The van der Waals surface area contributed by atoms with Gasteiger partial charge in [0.2, 0.25) is 0 Å². The number of nitrogens with zero attached hydrogens (tertiary/aromatic N) is 5. The molecule has 0 bridgehead atoms. The predicted octanol–water partition coefficient (Wildman–Crippen LogP) is 0.346. The van der Waals surface area contributed by atoms with Gasteiger partial charge in [0, 0.05) is 7.11 Å². The van der Waals surface area contributed by atoms with Gasteiger partial charge in [-0.1, -0.05) is 11.6 Å². The fourth-order valence-corrected chi connectivity index (χ4v) is 1.29. The van der Waals surface area contributed by atoms with Crippen molar-refractivity contribution in [2.45, 2.75) is 6.54 Å². The summed E-state index contributed by atoms with van der Waals surface area (Å²) < 4.78 is 6.67. The first kappa shape index (κ1) is 10.9. The molecule has 0 aliphatic rings. The molecule has 0 aliphatic heterocycles. The van der Waals surface area contributed by atoms with Gasteiger partial charge in [0.05, 0.1) is 25.5 Å². The number of hydrogen-bond acceptors (Lipinski definition) is 5. The van der Waals surface area contributed by atoms with Crippen molar-refractivity contribution >= 4 is 17.4 Å². The van der Waals surface area contributed by atoms with Crippen molar-refractivity contribution in [1.29, 1.82) is 0 Å². The lowest BCUT2D eigenvalue weighted by Gasteiger charge is -1.98. The molecule has 86 valence electrons. The van der Waals surface area contributed by atoms with Crippen LogP contribution in [0, 0.1) is 0 Å². The summed E-state index contributed by atoms with van der Waals surface area (Å²) in [5.74, 6) is 0.200. The highest BCUT2D eigenvalue weighted by Crippen LogP contribution is 2.14. The first-order chi connectivity index (χ1) is 7.70. The highest BCUT2D eigenvalue weighted by atomic mass is 35.5. The van der Waals surface area contributed by atoms with Gasteiger partial charge < -0.3 is 10.5 Å². The summed E-state index contributed by atoms with van der Waals surface area (Å²) in [5, 5.41) is 12.2. The van der Waals surface area contributed by atoms with Crippen molar-refractivity contribution in [3.05, 3.63) is 17.5 Å². The molecular formula is C8H11ClN6O. The summed E-state index contributed by atoms with van der Waals surface area (Å²) in [4.78, 5) is 1.34. The monoisotopic (exact) mass is 242 g/mol. The van der Waals surface area contributed by atoms with Crippen LogP contribution in [0.4, 0.5) is 5.82 Å². The van der Waals surface area contributed by atoms with E-state index in [1.54, 1.807) is 24.2 Å². The quantitative estimate of drug-likeness (QED) is 0.836. The van der Waals surface area contributed by atoms with E-state index in [4.69, 9.17) is 22.1 Å². The normalized spacial score (nSPS) is 10.9. The number of methoxy groups -OCH3 is 1. The molecule has 2 aromatic rings. The Morgan fingerprint density at radius 2 is 2.31 bits per heavy atom. The van der Waals surface area contributed by atoms with Gasteiger partial charge >= 0.3 is 0 Å². The van der Waals surface area contributed by atoms with Crippen LogP contribution in [0.25, 0.3) is 5.69 Å². The van der Waals surface area contributed by atoms with Crippen molar-refractivity contribution in [1.82, 2.24) is 24.8 Å². The maximum Gasteiger partial charge on any atom is 0.195 e. The van der Waals surface area contributed by atoms with Gasteiger partial charge in [-0.15, -0.1) is 15.0 Å². The fraction of sp³-hybridized carbons (Fsp3) is 0.375. The Morgan fingerprint density at radius 1 is 1.50 bits per heavy atom. The number of rotatable bonds is 4. The van der Waals surface area contributed by atoms with Gasteiger partial charge in [-0.05, 0) is 0 Å². The second-order valence-electron chi connectivity index (χ2n) is 3.12. The molecule has 0 saturated carbocycles. The molecule has 2 rings (SSSR count). The largest absolute Gasteiger partial charge is 0.383 e. The summed E-state index contributed by atoms with van der Waals surface area (Å²) in [5.41, 5.74) is 6.19. The third kappa shape index (κ3) is 2.15. The molecule has 0 aliphatic carbocycles. The molecule has 0 atom stereocenters. The van der Waals surface area contributed by atoms with Crippen LogP contribution in [0.2, 0.25) is 5.15 Å². The summed E-state index contributed by atoms with van der Waals surface area (Å²) >= 11 is 5.70. The molecule has 0 saturated heterocycles. The predicted molar refractivity (Wildman–Crippen MR) is 58.4 cm³/mol. The second-order valence-corrected chi connectivity index (χ2v) is 3.48. The van der Waals surface area contributed by atoms with E-state index < -0.39 is 0 Å². The van der Waals surface area contributed by atoms with Gasteiger partial charge in [-0.3, -0.25) is 4.68 Å². The zero-order chi connectivity index (χ0) is 11.5. The molecule has 0 unspecified atom stereocenters. The molecule has 2 aromatic heterocycles. The first-order valence-electron chi connectivity index (χ1n) is 4.61. The maximum absolute atomic E-state index is 5.70. The van der Waals surface area contributed by atoms with E-state index in [0.29, 0.717) is 18.8 Å². The minimum atomic E-state index is 0.185. The molecule has 2 N–H and O–H groups in total. The number of nitrogens with two attached hydrogens (primary N) is 1. The molecule has 7 nitrogen and oxygen atoms in total. The van der Waals surface area contributed by atoms with E-state index >= 15 is 0 Å². The number of halogens is 1. The minimum Gasteiger partial charge on any atom is -0.383 e. The van der Waals surface area contributed by atoms with E-state index in [9.17, 15) is 0 Å². The van der Waals surface area contributed by atoms with Crippen molar-refractivity contribution in [3.8, 4) is 5.69 Å². The lowest BCUT2D eigenvalue weighted by atomic mass is 10.6. The third-order valence-corrected chi connectivity index (χ3v) is 2.24. The second kappa shape index (κ2) is 4.50. The van der Waals surface area contributed by atoms with Gasteiger partial charge in [0.25, 0.3) is 0 Å². The number of aromatic nitrogens is 5. The van der Waals surface area contributed by atoms with Crippen molar-refractivity contribution < 1.29 is 4.74 Å². The summed E-state index contributed by atoms with van der Waals surface area (Å²) in [7, 11) is 1.64. The highest BCUT2D eigenvalue weighted by molar-refractivity contribution is 6.31. The van der Waals surface area contributed by atoms with Crippen LogP contribution in [-0.4, -0.2) is 38.5 Å². The summed E-state index contributed by atoms with van der Waals surface area (Å²) in [6.07, 6.45) is 3.42. The molecule has 0 fully saturated rings. The smallest absolute Gasteiger partial charge is 0.195 e. The van der Waals surface area contributed by atoms with Gasteiger partial charge in [-0.2, -0.15) is 5.10 Å². The van der Waals surface area contributed by atoms with Crippen molar-refractivity contribution in [2.24, 2.45) is 0 Å². The van der Waals surface area contributed by atoms with Gasteiger partial charge in [-0.25, -0.2) is 0 Å². The van der Waals surface area contributed by atoms with Gasteiger partial charge in [0.15, 0.2) is 11.0 Å². The Bertz CT molecular complexity index is 459. The van der Waals surface area contributed by atoms with Crippen LogP contribution in [0.15, 0.2) is 12.4 Å². The Morgan fingerprint density at radius 3 is 2.94 bits per heavy atom. The molecule has 0 spiro atoms. The third-order valence-electron chi connectivity index (χ3n) is 1.97. The van der Waals surface area contributed by atoms with Crippen molar-refractivity contribution in [2.75, 3.05) is 19.5 Å². The Kier molecular flexibility index (Phi) is 3.07. The number of ether oxygens (including phenoxy) is 1. The van der Waals surface area contributed by atoms with E-state index in [2.05, 4.69) is 15.3 Å². The maximum atomic E-state index is 5.70. The Hall–Kier alpha value is -1.60. The molecule has 8 heteroatoms. The lowest BCUT2D eigenvalue weighted by Crippen LogP contribution is -2.04. The average molecular weight is 243 g/mol. The molecular weight excluding hydrogens is 232 g/mol. The zero-order valence-corrected chi connectivity index (χ0v) is 9.42. The first-order valence-corrected chi connectivity index (χ1v) is 4.98. The topological polar surface area (TPSA) is 83.8 Å². The molecule has 0 amide bonds. The standard InChI is InChI=1S/C8H11ClN6O/c1-16-3-2-14-5-6(4-11-14)15-12-7(9)8(10)13-15/h4-5H,2-3H2,1H3,(H2,10,13). The Labute approximate surface area is 96.7 Å². The van der Waals surface area contributed by atoms with E-state index in [1.807, 2.05) is 0 Å². The summed E-state index contributed by atoms with van der Waals surface area (Å²) in [6, 6.07) is 0. The van der Waals surface area contributed by atoms with Crippen LogP contribution in [-0.2, 0) is 11.3 Å². The molecule has 0 aromatic carbocycles. The number of nitrogen functional groups attached to an aromatic ring is 1. The Balaban J connectivity index is 2.18. The van der Waals surface area contributed by atoms with Crippen LogP contribution >= 0.6 is 11.6 Å². The van der Waals surface area contributed by atoms with Crippen LogP contribution in [0.1, 0.15) is 0 Å². The van der Waals surface area contributed by atoms with Crippen LogP contribution in [0.3, 0.4) is 0 Å². The number of anilines is 1. The van der Waals surface area contributed by atoms with Crippen molar-refractivity contribution in [3.63, 3.8) is 0 Å². The molecule has 0 radical (unpaired) electrons. The SMILES string of the molecule is COCCn1cc(-n2nc(N)c(Cl)n2)cn1. The fourth-order valence-electron chi connectivity index (χ4n) is 1.18. The van der Waals surface area contributed by atoms with E-state index in [-0.39, 0.29) is 11.0 Å². The van der Waals surface area contributed by atoms with E-state index in [0.717, 1.165) is 0 Å². The zero-order valence-electron chi connectivity index (χ0n) is 8.67. The molecule has 2 heterocycles. The lowest BCUT2D eigenvalue weighted by molar-refractivity contribution is 0.183. The average Bonchev–Trinajstić information content (AvgIpc) is 2.84. The highest BCUT2D eigenvalue weighted by Gasteiger charge is 2.08. The van der Waals surface area contributed by atoms with E-state index in [1.165, 1.54) is 4.80 Å². The van der Waals surface area contributed by atoms with Crippen LogP contribution < -0.4 is 5.73 Å².